The van der Waals surface area contributed by atoms with E-state index < -0.39 is 5.97 Å². The maximum atomic E-state index is 11.8. The van der Waals surface area contributed by atoms with Crippen LogP contribution in [0, 0.1) is 13.8 Å². The van der Waals surface area contributed by atoms with E-state index in [0.29, 0.717) is 5.56 Å². The number of rotatable bonds is 4. The SMILES string of the molecule is Cc1cc(C)cc(C(=O)CC(=O)OC(C)C)c1. The van der Waals surface area contributed by atoms with Crippen molar-refractivity contribution in [1.29, 1.82) is 0 Å². The van der Waals surface area contributed by atoms with Crippen molar-refractivity contribution in [3.63, 3.8) is 0 Å². The standard InChI is InChI=1S/C14H18O3/c1-9(2)17-14(16)8-13(15)12-6-10(3)5-11(4)7-12/h5-7,9H,8H2,1-4H3. The van der Waals surface area contributed by atoms with Crippen LogP contribution in [0.2, 0.25) is 0 Å². The molecule has 0 unspecified atom stereocenters. The number of hydrogen-bond donors (Lipinski definition) is 0. The van der Waals surface area contributed by atoms with Crippen molar-refractivity contribution in [3.8, 4) is 0 Å². The Morgan fingerprint density at radius 1 is 1.12 bits per heavy atom. The second-order valence-electron chi connectivity index (χ2n) is 4.51. The molecule has 0 atom stereocenters. The summed E-state index contributed by atoms with van der Waals surface area (Å²) in [6.07, 6.45) is -0.379. The number of carbonyl (C=O) groups excluding carboxylic acids is 2. The number of aryl methyl sites for hydroxylation is 2. The Morgan fingerprint density at radius 3 is 2.12 bits per heavy atom. The number of esters is 1. The van der Waals surface area contributed by atoms with Gasteiger partial charge in [-0.15, -0.1) is 0 Å². The van der Waals surface area contributed by atoms with Crippen molar-refractivity contribution in [2.45, 2.75) is 40.2 Å². The molecule has 0 radical (unpaired) electrons. The molecule has 92 valence electrons. The summed E-state index contributed by atoms with van der Waals surface area (Å²) in [6, 6.07) is 5.57. The van der Waals surface area contributed by atoms with Crippen LogP contribution in [0.1, 0.15) is 41.8 Å². The van der Waals surface area contributed by atoms with Gasteiger partial charge in [0.2, 0.25) is 0 Å². The first-order chi connectivity index (χ1) is 7.88. The van der Waals surface area contributed by atoms with Crippen LogP contribution in [0.5, 0.6) is 0 Å². The number of benzene rings is 1. The smallest absolute Gasteiger partial charge is 0.313 e. The molecule has 1 aromatic carbocycles. The van der Waals surface area contributed by atoms with Gasteiger partial charge in [-0.25, -0.2) is 0 Å². The molecule has 0 aliphatic heterocycles. The molecule has 0 heterocycles. The highest BCUT2D eigenvalue weighted by Crippen LogP contribution is 2.11. The lowest BCUT2D eigenvalue weighted by molar-refractivity contribution is -0.146. The summed E-state index contributed by atoms with van der Waals surface area (Å²) in [7, 11) is 0. The van der Waals surface area contributed by atoms with Crippen molar-refractivity contribution in [3.05, 3.63) is 34.9 Å². The number of ketones is 1. The minimum absolute atomic E-state index is 0.186. The minimum atomic E-state index is -0.468. The van der Waals surface area contributed by atoms with Gasteiger partial charge in [0.15, 0.2) is 5.78 Å². The highest BCUT2D eigenvalue weighted by Gasteiger charge is 2.14. The van der Waals surface area contributed by atoms with E-state index >= 15 is 0 Å². The first kappa shape index (κ1) is 13.4. The van der Waals surface area contributed by atoms with Crippen molar-refractivity contribution in [1.82, 2.24) is 0 Å². The maximum Gasteiger partial charge on any atom is 0.313 e. The molecule has 1 aromatic rings. The quantitative estimate of drug-likeness (QED) is 0.457. The molecule has 0 fully saturated rings. The first-order valence-electron chi connectivity index (χ1n) is 5.69. The minimum Gasteiger partial charge on any atom is -0.463 e. The fraction of sp³-hybridized carbons (Fsp3) is 0.429. The van der Waals surface area contributed by atoms with Crippen LogP contribution in [-0.4, -0.2) is 17.9 Å². The van der Waals surface area contributed by atoms with E-state index in [1.54, 1.807) is 26.0 Å². The van der Waals surface area contributed by atoms with Gasteiger partial charge in [-0.2, -0.15) is 0 Å². The van der Waals surface area contributed by atoms with Gasteiger partial charge >= 0.3 is 5.97 Å². The fourth-order valence-corrected chi connectivity index (χ4v) is 1.67. The van der Waals surface area contributed by atoms with E-state index in [0.717, 1.165) is 11.1 Å². The summed E-state index contributed by atoms with van der Waals surface area (Å²) in [4.78, 5) is 23.2. The van der Waals surface area contributed by atoms with Crippen LogP contribution in [-0.2, 0) is 9.53 Å². The molecule has 0 N–H and O–H groups in total. The van der Waals surface area contributed by atoms with Crippen molar-refractivity contribution < 1.29 is 14.3 Å². The highest BCUT2D eigenvalue weighted by atomic mass is 16.5. The van der Waals surface area contributed by atoms with Gasteiger partial charge in [0.25, 0.3) is 0 Å². The van der Waals surface area contributed by atoms with E-state index in [2.05, 4.69) is 0 Å². The Bertz CT molecular complexity index is 413. The summed E-state index contributed by atoms with van der Waals surface area (Å²) in [5, 5.41) is 0. The number of hydrogen-bond acceptors (Lipinski definition) is 3. The predicted molar refractivity (Wildman–Crippen MR) is 66.1 cm³/mol. The molecule has 1 rings (SSSR count). The van der Waals surface area contributed by atoms with Crippen LogP contribution in [0.25, 0.3) is 0 Å². The molecule has 0 amide bonds. The van der Waals surface area contributed by atoms with E-state index in [4.69, 9.17) is 4.74 Å². The van der Waals surface area contributed by atoms with Gasteiger partial charge in [-0.1, -0.05) is 17.2 Å². The molecule has 3 heteroatoms. The molecule has 0 aromatic heterocycles. The van der Waals surface area contributed by atoms with Gasteiger partial charge in [0, 0.05) is 5.56 Å². The average Bonchev–Trinajstić information content (AvgIpc) is 2.14. The van der Waals surface area contributed by atoms with Crippen molar-refractivity contribution >= 4 is 11.8 Å². The molecule has 0 aliphatic rings. The molecular formula is C14H18O3. The molecule has 0 saturated heterocycles. The Balaban J connectivity index is 2.73. The topological polar surface area (TPSA) is 43.4 Å². The highest BCUT2D eigenvalue weighted by molar-refractivity contribution is 6.06. The third-order valence-corrected chi connectivity index (χ3v) is 2.22. The molecule has 0 spiro atoms. The Labute approximate surface area is 102 Å². The van der Waals surface area contributed by atoms with Crippen molar-refractivity contribution in [2.24, 2.45) is 0 Å². The zero-order valence-corrected chi connectivity index (χ0v) is 10.7. The van der Waals surface area contributed by atoms with Crippen LogP contribution in [0.15, 0.2) is 18.2 Å². The number of carbonyl (C=O) groups is 2. The van der Waals surface area contributed by atoms with Gasteiger partial charge in [-0.3, -0.25) is 9.59 Å². The Hall–Kier alpha value is -1.64. The van der Waals surface area contributed by atoms with E-state index in [9.17, 15) is 9.59 Å². The van der Waals surface area contributed by atoms with Crippen LogP contribution in [0.4, 0.5) is 0 Å². The van der Waals surface area contributed by atoms with E-state index in [1.807, 2.05) is 19.9 Å². The normalized spacial score (nSPS) is 10.4. The largest absolute Gasteiger partial charge is 0.463 e. The van der Waals surface area contributed by atoms with Gasteiger partial charge < -0.3 is 4.74 Å². The third kappa shape index (κ3) is 4.39. The molecule has 3 nitrogen and oxygen atoms in total. The summed E-state index contributed by atoms with van der Waals surface area (Å²) < 4.78 is 4.94. The monoisotopic (exact) mass is 234 g/mol. The Morgan fingerprint density at radius 2 is 1.65 bits per heavy atom. The average molecular weight is 234 g/mol. The zero-order valence-electron chi connectivity index (χ0n) is 10.7. The van der Waals surface area contributed by atoms with Crippen LogP contribution in [0.3, 0.4) is 0 Å². The van der Waals surface area contributed by atoms with Crippen LogP contribution < -0.4 is 0 Å². The summed E-state index contributed by atoms with van der Waals surface area (Å²) >= 11 is 0. The fourth-order valence-electron chi connectivity index (χ4n) is 1.67. The maximum absolute atomic E-state index is 11.8. The first-order valence-corrected chi connectivity index (χ1v) is 5.69. The second kappa shape index (κ2) is 5.62. The number of Topliss-reactive ketones (excluding diaryl/α,β-unsaturated/α-hetero) is 1. The van der Waals surface area contributed by atoms with Crippen molar-refractivity contribution in [2.75, 3.05) is 0 Å². The molecule has 0 aliphatic carbocycles. The summed E-state index contributed by atoms with van der Waals surface area (Å²) in [5.74, 6) is -0.661. The lowest BCUT2D eigenvalue weighted by Gasteiger charge is -2.08. The molecule has 0 saturated carbocycles. The number of ether oxygens (including phenoxy) is 1. The van der Waals surface area contributed by atoms with Gasteiger partial charge in [0.1, 0.15) is 6.42 Å². The van der Waals surface area contributed by atoms with Gasteiger partial charge in [0.05, 0.1) is 6.10 Å². The summed E-state index contributed by atoms with van der Waals surface area (Å²) in [5.41, 5.74) is 2.61. The molecule has 17 heavy (non-hydrogen) atoms. The van der Waals surface area contributed by atoms with Crippen LogP contribution >= 0.6 is 0 Å². The molecular weight excluding hydrogens is 216 g/mol. The zero-order chi connectivity index (χ0) is 13.0. The summed E-state index contributed by atoms with van der Waals surface area (Å²) in [6.45, 7) is 7.38. The second-order valence-corrected chi connectivity index (χ2v) is 4.51. The third-order valence-electron chi connectivity index (χ3n) is 2.22. The van der Waals surface area contributed by atoms with E-state index in [1.165, 1.54) is 0 Å². The Kier molecular flexibility index (Phi) is 4.44. The lowest BCUT2D eigenvalue weighted by atomic mass is 10.0. The van der Waals surface area contributed by atoms with E-state index in [-0.39, 0.29) is 18.3 Å². The lowest BCUT2D eigenvalue weighted by Crippen LogP contribution is -2.15. The predicted octanol–water partition coefficient (Wildman–Crippen LogP) is 2.83. The molecule has 0 bridgehead atoms. The van der Waals surface area contributed by atoms with Gasteiger partial charge in [-0.05, 0) is 39.8 Å².